The van der Waals surface area contributed by atoms with Gasteiger partial charge < -0.3 is 9.16 Å². The van der Waals surface area contributed by atoms with Crippen molar-refractivity contribution < 1.29 is 14.0 Å². The molecule has 0 aliphatic carbocycles. The van der Waals surface area contributed by atoms with Crippen molar-refractivity contribution in [3.8, 4) is 0 Å². The lowest BCUT2D eigenvalue weighted by molar-refractivity contribution is -0.164. The predicted molar refractivity (Wildman–Crippen MR) is 153 cm³/mol. The first-order valence-electron chi connectivity index (χ1n) is 13.3. The summed E-state index contributed by atoms with van der Waals surface area (Å²) >= 11 is 0. The molecule has 0 saturated carbocycles. The lowest BCUT2D eigenvalue weighted by Crippen LogP contribution is -2.55. The molecule has 0 aliphatic heterocycles. The smallest absolute Gasteiger partial charge is 0.310 e. The van der Waals surface area contributed by atoms with Gasteiger partial charge in [-0.2, -0.15) is 0 Å². The van der Waals surface area contributed by atoms with Crippen molar-refractivity contribution in [2.75, 3.05) is 0 Å². The van der Waals surface area contributed by atoms with Crippen molar-refractivity contribution in [3.63, 3.8) is 0 Å². The van der Waals surface area contributed by atoms with E-state index >= 15 is 0 Å². The number of carbonyl (C=O) groups excluding carboxylic acids is 1. The third-order valence-corrected chi connectivity index (χ3v) is 12.0. The van der Waals surface area contributed by atoms with Crippen LogP contribution in [-0.2, 0) is 20.5 Å². The maximum Gasteiger partial charge on any atom is 0.310 e. The van der Waals surface area contributed by atoms with E-state index in [1.54, 1.807) is 0 Å². The number of hydrogen-bond acceptors (Lipinski definition) is 4. The van der Waals surface area contributed by atoms with E-state index < -0.39 is 13.9 Å². The lowest BCUT2D eigenvalue weighted by Gasteiger charge is -2.46. The molecule has 2 rings (SSSR count). The van der Waals surface area contributed by atoms with Crippen molar-refractivity contribution in [3.05, 3.63) is 71.8 Å². The minimum atomic E-state index is -2.09. The van der Waals surface area contributed by atoms with Gasteiger partial charge in [-0.25, -0.2) is 0 Å². The Labute approximate surface area is 221 Å². The highest BCUT2D eigenvalue weighted by Crippen LogP contribution is 2.39. The molecule has 5 heteroatoms. The number of nitrogens with zero attached hydrogens (tertiary/aromatic N) is 1. The van der Waals surface area contributed by atoms with Crippen molar-refractivity contribution in [1.29, 1.82) is 0 Å². The molecule has 200 valence electrons. The van der Waals surface area contributed by atoms with Gasteiger partial charge in [0.05, 0.1) is 12.0 Å². The lowest BCUT2D eigenvalue weighted by atomic mass is 9.92. The molecule has 36 heavy (non-hydrogen) atoms. The van der Waals surface area contributed by atoms with Gasteiger partial charge in [-0.15, -0.1) is 0 Å². The predicted octanol–water partition coefficient (Wildman–Crippen LogP) is 8.01. The second-order valence-corrected chi connectivity index (χ2v) is 17.4. The van der Waals surface area contributed by atoms with Gasteiger partial charge in [0.2, 0.25) is 0 Å². The van der Waals surface area contributed by atoms with Gasteiger partial charge in [-0.05, 0) is 63.9 Å². The maximum absolute atomic E-state index is 13.5. The van der Waals surface area contributed by atoms with E-state index in [-0.39, 0.29) is 35.1 Å². The van der Waals surface area contributed by atoms with Crippen molar-refractivity contribution in [2.24, 2.45) is 5.92 Å². The van der Waals surface area contributed by atoms with Gasteiger partial charge in [0, 0.05) is 18.6 Å². The molecule has 0 spiro atoms. The van der Waals surface area contributed by atoms with Crippen LogP contribution in [0.5, 0.6) is 0 Å². The molecule has 4 atom stereocenters. The van der Waals surface area contributed by atoms with Crippen LogP contribution in [0.25, 0.3) is 0 Å². The number of esters is 1. The zero-order chi connectivity index (χ0) is 27.3. The van der Waals surface area contributed by atoms with Gasteiger partial charge in [0.25, 0.3) is 0 Å². The van der Waals surface area contributed by atoms with E-state index in [1.165, 1.54) is 11.1 Å². The first kappa shape index (κ1) is 30.3. The van der Waals surface area contributed by atoms with Crippen molar-refractivity contribution in [2.45, 2.75) is 111 Å². The zero-order valence-electron chi connectivity index (χ0n) is 24.5. The van der Waals surface area contributed by atoms with Crippen molar-refractivity contribution in [1.82, 2.24) is 4.90 Å². The summed E-state index contributed by atoms with van der Waals surface area (Å²) in [6.45, 7) is 24.2. The minimum absolute atomic E-state index is 0.0657. The highest BCUT2D eigenvalue weighted by molar-refractivity contribution is 6.74. The molecule has 0 bridgehead atoms. The molecule has 4 nitrogen and oxygen atoms in total. The Kier molecular flexibility index (Phi) is 10.1. The molecule has 0 N–H and O–H groups in total. The average Bonchev–Trinajstić information content (AvgIpc) is 2.77. The van der Waals surface area contributed by atoms with Crippen LogP contribution in [0.2, 0.25) is 18.1 Å². The number of rotatable bonds is 10. The van der Waals surface area contributed by atoms with Crippen LogP contribution >= 0.6 is 0 Å². The van der Waals surface area contributed by atoms with Gasteiger partial charge in [-0.3, -0.25) is 9.69 Å². The van der Waals surface area contributed by atoms with Crippen LogP contribution in [0.15, 0.2) is 60.7 Å². The molecule has 0 fully saturated rings. The fraction of sp³-hybridized carbons (Fsp3) is 0.581. The molecule has 0 saturated heterocycles. The van der Waals surface area contributed by atoms with Crippen LogP contribution in [0.4, 0.5) is 0 Å². The Morgan fingerprint density at radius 3 is 1.83 bits per heavy atom. The minimum Gasteiger partial charge on any atom is -0.460 e. The fourth-order valence-electron chi connectivity index (χ4n) is 4.43. The quantitative estimate of drug-likeness (QED) is 0.239. The second kappa shape index (κ2) is 12.1. The maximum atomic E-state index is 13.5. The van der Waals surface area contributed by atoms with Gasteiger partial charge in [-0.1, -0.05) is 88.4 Å². The molecule has 0 aromatic heterocycles. The summed E-state index contributed by atoms with van der Waals surface area (Å²) in [7, 11) is -2.09. The molecule has 0 radical (unpaired) electrons. The third-order valence-electron chi connectivity index (χ3n) is 7.43. The fourth-order valence-corrected chi connectivity index (χ4v) is 5.85. The molecule has 2 aromatic carbocycles. The summed E-state index contributed by atoms with van der Waals surface area (Å²) in [5.41, 5.74) is 1.88. The zero-order valence-corrected chi connectivity index (χ0v) is 25.5. The molecule has 0 aliphatic rings. The van der Waals surface area contributed by atoms with E-state index in [1.807, 2.05) is 39.8 Å². The topological polar surface area (TPSA) is 38.8 Å². The van der Waals surface area contributed by atoms with Crippen LogP contribution in [0.1, 0.15) is 79.5 Å². The largest absolute Gasteiger partial charge is 0.460 e. The summed E-state index contributed by atoms with van der Waals surface area (Å²) in [5, 5.41) is 0.0657. The van der Waals surface area contributed by atoms with E-state index in [9.17, 15) is 4.79 Å². The Bertz CT molecular complexity index is 947. The van der Waals surface area contributed by atoms with Crippen LogP contribution in [0, 0.1) is 5.92 Å². The number of carbonyl (C=O) groups is 1. The normalized spacial score (nSPS) is 16.3. The van der Waals surface area contributed by atoms with Crippen LogP contribution in [0.3, 0.4) is 0 Å². The summed E-state index contributed by atoms with van der Waals surface area (Å²) in [6, 6.07) is 20.9. The summed E-state index contributed by atoms with van der Waals surface area (Å²) in [6.07, 6.45) is -0.164. The number of ether oxygens (including phenoxy) is 1. The van der Waals surface area contributed by atoms with E-state index in [0.29, 0.717) is 6.54 Å². The van der Waals surface area contributed by atoms with Crippen LogP contribution < -0.4 is 0 Å². The highest BCUT2D eigenvalue weighted by atomic mass is 28.4. The van der Waals surface area contributed by atoms with Gasteiger partial charge in [0.15, 0.2) is 8.32 Å². The molecule has 2 aromatic rings. The Hall–Kier alpha value is -1.95. The van der Waals surface area contributed by atoms with E-state index in [4.69, 9.17) is 9.16 Å². The second-order valence-electron chi connectivity index (χ2n) is 12.6. The number of benzene rings is 2. The number of hydrogen-bond donors (Lipinski definition) is 0. The molecule has 0 amide bonds. The van der Waals surface area contributed by atoms with E-state index in [2.05, 4.69) is 101 Å². The molecular formula is C31H49NO3Si. The monoisotopic (exact) mass is 511 g/mol. The molecule has 0 unspecified atom stereocenters. The molecule has 0 heterocycles. The van der Waals surface area contributed by atoms with Crippen molar-refractivity contribution >= 4 is 14.3 Å². The first-order chi connectivity index (χ1) is 16.5. The Balaban J connectivity index is 2.58. The SMILES string of the molecule is C[C@H](O[Si](C)(C)C(C)(C)C)[C@@H]([C@H](C)C(=O)OC(C)(C)C)N(Cc1ccccc1)[C@@H](C)c1ccccc1. The Morgan fingerprint density at radius 2 is 1.36 bits per heavy atom. The van der Waals surface area contributed by atoms with Gasteiger partial charge in [0.1, 0.15) is 5.60 Å². The summed E-state index contributed by atoms with van der Waals surface area (Å²) in [4.78, 5) is 15.9. The van der Waals surface area contributed by atoms with Crippen LogP contribution in [-0.4, -0.2) is 36.9 Å². The van der Waals surface area contributed by atoms with Gasteiger partial charge >= 0.3 is 5.97 Å². The summed E-state index contributed by atoms with van der Waals surface area (Å²) < 4.78 is 12.9. The third kappa shape index (κ3) is 8.29. The highest BCUT2D eigenvalue weighted by Gasteiger charge is 2.44. The summed E-state index contributed by atoms with van der Waals surface area (Å²) in [5.74, 6) is -0.560. The van der Waals surface area contributed by atoms with E-state index in [0.717, 1.165) is 0 Å². The standard InChI is InChI=1S/C31H49NO3Si/c1-23(29(33)34-30(4,5)6)28(25(3)35-36(10,11)31(7,8)9)32(22-26-18-14-12-15-19-26)24(2)27-20-16-13-17-21-27/h12-21,23-25,28H,22H2,1-11H3/t23-,24-,25-,28+/m0/s1. The first-order valence-corrected chi connectivity index (χ1v) is 16.2. The average molecular weight is 512 g/mol. The Morgan fingerprint density at radius 1 is 0.861 bits per heavy atom. The molecular weight excluding hydrogens is 462 g/mol.